The maximum Gasteiger partial charge on any atom is 0.323 e. The second kappa shape index (κ2) is 8.69. The van der Waals surface area contributed by atoms with E-state index in [0.717, 1.165) is 5.56 Å². The van der Waals surface area contributed by atoms with Gasteiger partial charge in [-0.25, -0.2) is 4.79 Å². The molecule has 0 aromatic heterocycles. The Morgan fingerprint density at radius 1 is 1.04 bits per heavy atom. The fourth-order valence-electron chi connectivity index (χ4n) is 2.20. The third-order valence-corrected chi connectivity index (χ3v) is 3.90. The Morgan fingerprint density at radius 3 is 2.31 bits per heavy atom. The van der Waals surface area contributed by atoms with E-state index < -0.39 is 11.6 Å². The summed E-state index contributed by atoms with van der Waals surface area (Å²) in [7, 11) is 0. The van der Waals surface area contributed by atoms with Crippen molar-refractivity contribution in [1.29, 1.82) is 0 Å². The van der Waals surface area contributed by atoms with Gasteiger partial charge in [-0.05, 0) is 43.7 Å². The molecule has 2 aromatic rings. The number of hydrogen-bond acceptors (Lipinski definition) is 3. The highest BCUT2D eigenvalue weighted by Gasteiger charge is 2.19. The molecule has 0 saturated carbocycles. The zero-order valence-corrected chi connectivity index (χ0v) is 15.4. The van der Waals surface area contributed by atoms with E-state index in [0.29, 0.717) is 16.4 Å². The highest BCUT2D eigenvalue weighted by atomic mass is 35.5. The summed E-state index contributed by atoms with van der Waals surface area (Å²) in [5, 5.41) is 17.8. The summed E-state index contributed by atoms with van der Waals surface area (Å²) in [4.78, 5) is 24.0. The summed E-state index contributed by atoms with van der Waals surface area (Å²) in [5.41, 5.74) is 1.25. The minimum Gasteiger partial charge on any atom is -0.394 e. The number of carbonyl (C=O) groups is 2. The minimum atomic E-state index is -0.657. The number of aliphatic hydroxyl groups excluding tert-OH is 1. The fourth-order valence-corrected chi connectivity index (χ4v) is 2.38. The molecular formula is C19H22ClN3O3. The first-order valence-electron chi connectivity index (χ1n) is 8.12. The summed E-state index contributed by atoms with van der Waals surface area (Å²) >= 11 is 6.00. The Bertz CT molecular complexity index is 776. The number of benzene rings is 2. The van der Waals surface area contributed by atoms with Crippen molar-refractivity contribution in [2.45, 2.75) is 25.8 Å². The molecule has 0 spiro atoms. The van der Waals surface area contributed by atoms with Gasteiger partial charge < -0.3 is 21.1 Å². The van der Waals surface area contributed by atoms with Gasteiger partial charge in [0.05, 0.1) is 29.3 Å². The predicted octanol–water partition coefficient (Wildman–Crippen LogP) is 3.41. The van der Waals surface area contributed by atoms with Crippen LogP contribution in [0.25, 0.3) is 0 Å². The van der Waals surface area contributed by atoms with Crippen molar-refractivity contribution in [2.75, 3.05) is 17.2 Å². The summed E-state index contributed by atoms with van der Waals surface area (Å²) < 4.78 is 0. The fraction of sp³-hybridized carbons (Fsp3) is 0.263. The smallest absolute Gasteiger partial charge is 0.323 e. The van der Waals surface area contributed by atoms with Crippen molar-refractivity contribution in [1.82, 2.24) is 5.32 Å². The van der Waals surface area contributed by atoms with Crippen molar-refractivity contribution >= 4 is 34.9 Å². The molecule has 0 radical (unpaired) electrons. The van der Waals surface area contributed by atoms with Crippen molar-refractivity contribution in [2.24, 2.45) is 0 Å². The lowest BCUT2D eigenvalue weighted by Crippen LogP contribution is -2.46. The summed E-state index contributed by atoms with van der Waals surface area (Å²) in [6.45, 7) is 3.35. The van der Waals surface area contributed by atoms with Gasteiger partial charge in [-0.15, -0.1) is 0 Å². The zero-order valence-electron chi connectivity index (χ0n) is 14.7. The van der Waals surface area contributed by atoms with Crippen LogP contribution in [0.15, 0.2) is 48.5 Å². The number of halogens is 1. The number of rotatable bonds is 6. The molecule has 0 atom stereocenters. The van der Waals surface area contributed by atoms with Gasteiger partial charge in [0.25, 0.3) is 0 Å². The lowest BCUT2D eigenvalue weighted by atomic mass is 10.1. The van der Waals surface area contributed by atoms with Crippen molar-refractivity contribution < 1.29 is 14.7 Å². The van der Waals surface area contributed by atoms with E-state index in [4.69, 9.17) is 11.6 Å². The maximum atomic E-state index is 12.0. The monoisotopic (exact) mass is 375 g/mol. The molecule has 0 fully saturated rings. The molecule has 26 heavy (non-hydrogen) atoms. The number of anilines is 2. The van der Waals surface area contributed by atoms with Crippen LogP contribution in [0.5, 0.6) is 0 Å². The van der Waals surface area contributed by atoms with Crippen LogP contribution in [0.2, 0.25) is 5.02 Å². The Hall–Kier alpha value is -2.57. The van der Waals surface area contributed by atoms with Crippen LogP contribution in [0.3, 0.4) is 0 Å². The molecule has 2 rings (SSSR count). The van der Waals surface area contributed by atoms with Crippen LogP contribution in [-0.4, -0.2) is 29.2 Å². The Kier molecular flexibility index (Phi) is 6.60. The lowest BCUT2D eigenvalue weighted by molar-refractivity contribution is -0.122. The molecule has 0 saturated heterocycles. The lowest BCUT2D eigenvalue weighted by Gasteiger charge is -2.23. The van der Waals surface area contributed by atoms with Gasteiger partial charge in [-0.1, -0.05) is 35.9 Å². The van der Waals surface area contributed by atoms with E-state index in [2.05, 4.69) is 16.0 Å². The van der Waals surface area contributed by atoms with Crippen LogP contribution in [-0.2, 0) is 11.2 Å². The normalized spacial score (nSPS) is 10.9. The van der Waals surface area contributed by atoms with E-state index in [1.807, 2.05) is 0 Å². The molecule has 138 valence electrons. The van der Waals surface area contributed by atoms with Gasteiger partial charge in [-0.3, -0.25) is 4.79 Å². The molecule has 6 nitrogen and oxygen atoms in total. The zero-order chi connectivity index (χ0) is 19.2. The highest BCUT2D eigenvalue weighted by Crippen LogP contribution is 2.20. The average Bonchev–Trinajstić information content (AvgIpc) is 2.58. The number of urea groups is 1. The maximum absolute atomic E-state index is 12.0. The number of amides is 3. The minimum absolute atomic E-state index is 0.137. The standard InChI is InChI=1S/C19H22ClN3O3/c1-19(2,12-24)23-17(25)11-13-7-9-14(10-8-13)21-18(26)22-16-6-4-3-5-15(16)20/h3-10,24H,11-12H2,1-2H3,(H,23,25)(H2,21,22,26). The molecule has 0 unspecified atom stereocenters. The molecule has 0 bridgehead atoms. The third-order valence-electron chi connectivity index (χ3n) is 3.57. The Morgan fingerprint density at radius 2 is 1.69 bits per heavy atom. The summed E-state index contributed by atoms with van der Waals surface area (Å²) in [6.07, 6.45) is 0.190. The Balaban J connectivity index is 1.90. The third kappa shape index (κ3) is 6.06. The molecule has 0 heterocycles. The Labute approximate surface area is 157 Å². The second-order valence-corrected chi connectivity index (χ2v) is 6.93. The molecule has 3 amide bonds. The average molecular weight is 376 g/mol. The van der Waals surface area contributed by atoms with Crippen LogP contribution >= 0.6 is 11.6 Å². The van der Waals surface area contributed by atoms with Crippen LogP contribution < -0.4 is 16.0 Å². The number of nitrogens with one attached hydrogen (secondary N) is 3. The molecule has 0 aliphatic carbocycles. The number of aliphatic hydroxyl groups is 1. The second-order valence-electron chi connectivity index (χ2n) is 6.52. The van der Waals surface area contributed by atoms with Crippen LogP contribution in [0, 0.1) is 0 Å². The van der Waals surface area contributed by atoms with Gasteiger partial charge in [0.15, 0.2) is 0 Å². The first-order valence-corrected chi connectivity index (χ1v) is 8.50. The summed E-state index contributed by atoms with van der Waals surface area (Å²) in [6, 6.07) is 13.5. The quantitative estimate of drug-likeness (QED) is 0.623. The highest BCUT2D eigenvalue weighted by molar-refractivity contribution is 6.33. The number of para-hydroxylation sites is 1. The SMILES string of the molecule is CC(C)(CO)NC(=O)Cc1ccc(NC(=O)Nc2ccccc2Cl)cc1. The first-order chi connectivity index (χ1) is 12.3. The van der Waals surface area contributed by atoms with E-state index >= 15 is 0 Å². The first kappa shape index (κ1) is 19.8. The van der Waals surface area contributed by atoms with E-state index in [1.54, 1.807) is 62.4 Å². The van der Waals surface area contributed by atoms with E-state index in [9.17, 15) is 14.7 Å². The van der Waals surface area contributed by atoms with E-state index in [1.165, 1.54) is 0 Å². The molecular weight excluding hydrogens is 354 g/mol. The van der Waals surface area contributed by atoms with Crippen molar-refractivity contribution in [3.63, 3.8) is 0 Å². The van der Waals surface area contributed by atoms with Gasteiger partial charge in [0.1, 0.15) is 0 Å². The van der Waals surface area contributed by atoms with Gasteiger partial charge in [0.2, 0.25) is 5.91 Å². The van der Waals surface area contributed by atoms with Crippen molar-refractivity contribution in [3.8, 4) is 0 Å². The van der Waals surface area contributed by atoms with Crippen molar-refractivity contribution in [3.05, 3.63) is 59.1 Å². The summed E-state index contributed by atoms with van der Waals surface area (Å²) in [5.74, 6) is -0.179. The molecule has 2 aromatic carbocycles. The number of carbonyl (C=O) groups excluding carboxylic acids is 2. The molecule has 0 aliphatic heterocycles. The molecule has 4 N–H and O–H groups in total. The molecule has 0 aliphatic rings. The number of hydrogen-bond donors (Lipinski definition) is 4. The molecule has 7 heteroatoms. The van der Waals surface area contributed by atoms with Crippen LogP contribution in [0.1, 0.15) is 19.4 Å². The van der Waals surface area contributed by atoms with Gasteiger partial charge in [-0.2, -0.15) is 0 Å². The van der Waals surface area contributed by atoms with E-state index in [-0.39, 0.29) is 18.9 Å². The van der Waals surface area contributed by atoms with Gasteiger partial charge in [0, 0.05) is 5.69 Å². The van der Waals surface area contributed by atoms with Crippen LogP contribution in [0.4, 0.5) is 16.2 Å². The van der Waals surface area contributed by atoms with Gasteiger partial charge >= 0.3 is 6.03 Å². The topological polar surface area (TPSA) is 90.5 Å². The predicted molar refractivity (Wildman–Crippen MR) is 104 cm³/mol. The largest absolute Gasteiger partial charge is 0.394 e.